The largest absolute Gasteiger partial charge is 0.481 e. The Morgan fingerprint density at radius 1 is 1.06 bits per heavy atom. The quantitative estimate of drug-likeness (QED) is 0.537. The maximum absolute atomic E-state index is 13.0. The minimum atomic E-state index is -4.35. The zero-order valence-corrected chi connectivity index (χ0v) is 20.3. The van der Waals surface area contributed by atoms with E-state index in [0.29, 0.717) is 35.8 Å². The number of pyridine rings is 1. The molecule has 1 saturated heterocycles. The average molecular weight is 490 g/mol. The monoisotopic (exact) mass is 489 g/mol. The van der Waals surface area contributed by atoms with Crippen molar-refractivity contribution < 1.29 is 17.9 Å². The van der Waals surface area contributed by atoms with Crippen LogP contribution in [0.4, 0.5) is 19.0 Å². The van der Waals surface area contributed by atoms with E-state index >= 15 is 0 Å². The van der Waals surface area contributed by atoms with E-state index < -0.39 is 17.4 Å². The van der Waals surface area contributed by atoms with Crippen LogP contribution in [0.3, 0.4) is 0 Å². The van der Waals surface area contributed by atoms with E-state index in [0.717, 1.165) is 30.5 Å². The van der Waals surface area contributed by atoms with Crippen molar-refractivity contribution in [2.24, 2.45) is 0 Å². The van der Waals surface area contributed by atoms with E-state index in [1.54, 1.807) is 24.3 Å². The first-order chi connectivity index (χ1) is 16.7. The number of alkyl halides is 3. The van der Waals surface area contributed by atoms with Gasteiger partial charge in [-0.15, -0.1) is 0 Å². The minimum Gasteiger partial charge on any atom is -0.481 e. The third kappa shape index (κ3) is 4.98. The molecule has 4 rings (SSSR count). The van der Waals surface area contributed by atoms with Gasteiger partial charge in [-0.05, 0) is 43.5 Å². The Hall–Kier alpha value is -3.14. The number of benzene rings is 1. The summed E-state index contributed by atoms with van der Waals surface area (Å²) in [6.45, 7) is 7.49. The third-order valence-corrected chi connectivity index (χ3v) is 6.91. The van der Waals surface area contributed by atoms with Gasteiger partial charge in [-0.1, -0.05) is 26.0 Å². The average Bonchev–Trinajstić information content (AvgIpc) is 2.86. The maximum Gasteiger partial charge on any atom is 0.416 e. The molecule has 1 aromatic carbocycles. The second-order valence-corrected chi connectivity index (χ2v) is 8.88. The van der Waals surface area contributed by atoms with Crippen LogP contribution in [0.15, 0.2) is 41.2 Å². The molecular weight excluding hydrogens is 459 g/mol. The van der Waals surface area contributed by atoms with Crippen molar-refractivity contribution in [3.05, 3.63) is 58.0 Å². The highest BCUT2D eigenvalue weighted by atomic mass is 19.4. The van der Waals surface area contributed by atoms with Crippen LogP contribution in [-0.2, 0) is 6.18 Å². The van der Waals surface area contributed by atoms with Gasteiger partial charge in [0.15, 0.2) is 5.82 Å². The molecule has 2 aromatic heterocycles. The topological polar surface area (TPSA) is 74.3 Å². The number of anilines is 1. The zero-order chi connectivity index (χ0) is 25.3. The van der Waals surface area contributed by atoms with Crippen LogP contribution in [0.1, 0.15) is 50.8 Å². The van der Waals surface area contributed by atoms with Crippen LogP contribution < -0.4 is 15.3 Å². The minimum absolute atomic E-state index is 0.0419. The molecular formula is C25H30F3N5O2. The Morgan fingerprint density at radius 2 is 1.74 bits per heavy atom. The van der Waals surface area contributed by atoms with Crippen molar-refractivity contribution in [3.63, 3.8) is 0 Å². The van der Waals surface area contributed by atoms with Gasteiger partial charge < -0.3 is 14.6 Å². The second-order valence-electron chi connectivity index (χ2n) is 8.88. The van der Waals surface area contributed by atoms with Gasteiger partial charge in [0.1, 0.15) is 5.52 Å². The normalized spacial score (nSPS) is 20.3. The van der Waals surface area contributed by atoms with Crippen molar-refractivity contribution in [3.8, 4) is 5.88 Å². The zero-order valence-electron chi connectivity index (χ0n) is 20.3. The van der Waals surface area contributed by atoms with Crippen LogP contribution in [0.25, 0.3) is 11.0 Å². The molecule has 0 saturated carbocycles. The van der Waals surface area contributed by atoms with E-state index in [4.69, 9.17) is 4.74 Å². The van der Waals surface area contributed by atoms with Crippen molar-refractivity contribution in [1.29, 1.82) is 0 Å². The highest BCUT2D eigenvalue weighted by Gasteiger charge is 2.37. The molecule has 1 fully saturated rings. The first-order valence-electron chi connectivity index (χ1n) is 11.8. The van der Waals surface area contributed by atoms with E-state index in [2.05, 4.69) is 38.6 Å². The molecule has 3 aromatic rings. The highest BCUT2D eigenvalue weighted by molar-refractivity contribution is 5.86. The lowest BCUT2D eigenvalue weighted by Gasteiger charge is -2.49. The number of methoxy groups -OCH3 is 1. The van der Waals surface area contributed by atoms with Crippen molar-refractivity contribution in [2.45, 2.75) is 57.9 Å². The standard InChI is InChI=1S/C25H30F3N5O2/c1-5-18-14-33(23-22-20(29-24(34)31-23)11-12-21(30-22)35-4)19(6-2)13-32(18)15(3)16-7-9-17(10-8-16)25(26,27)28/h7-12,15,18-19H,5-6,13-14H2,1-4H3,(H,29,31,34)/t15?,18-,19?/m1/s1. The summed E-state index contributed by atoms with van der Waals surface area (Å²) in [7, 11) is 1.54. The fourth-order valence-electron chi connectivity index (χ4n) is 4.88. The van der Waals surface area contributed by atoms with Gasteiger partial charge >= 0.3 is 11.9 Å². The number of rotatable bonds is 6. The molecule has 3 heterocycles. The number of ether oxygens (including phenoxy) is 1. The molecule has 0 bridgehead atoms. The lowest BCUT2D eigenvalue weighted by Crippen LogP contribution is -2.59. The first-order valence-corrected chi connectivity index (χ1v) is 11.8. The van der Waals surface area contributed by atoms with Gasteiger partial charge in [0.25, 0.3) is 0 Å². The van der Waals surface area contributed by atoms with Crippen LogP contribution in [0.5, 0.6) is 5.88 Å². The fraction of sp³-hybridized carbons (Fsp3) is 0.480. The molecule has 1 N–H and O–H groups in total. The smallest absolute Gasteiger partial charge is 0.416 e. The third-order valence-electron chi connectivity index (χ3n) is 6.91. The maximum atomic E-state index is 13.0. The van der Waals surface area contributed by atoms with Crippen molar-refractivity contribution >= 4 is 16.9 Å². The molecule has 0 amide bonds. The number of hydrogen-bond acceptors (Lipinski definition) is 6. The van der Waals surface area contributed by atoms with Crippen LogP contribution >= 0.6 is 0 Å². The summed E-state index contributed by atoms with van der Waals surface area (Å²) >= 11 is 0. The lowest BCUT2D eigenvalue weighted by molar-refractivity contribution is -0.137. The predicted octanol–water partition coefficient (Wildman–Crippen LogP) is 4.79. The summed E-state index contributed by atoms with van der Waals surface area (Å²) < 4.78 is 44.4. The van der Waals surface area contributed by atoms with Gasteiger partial charge in [0.05, 0.1) is 18.2 Å². The lowest BCUT2D eigenvalue weighted by atomic mass is 9.96. The van der Waals surface area contributed by atoms with Crippen LogP contribution in [0.2, 0.25) is 0 Å². The Balaban J connectivity index is 1.67. The number of piperazine rings is 1. The van der Waals surface area contributed by atoms with E-state index in [-0.39, 0.29) is 18.1 Å². The van der Waals surface area contributed by atoms with Gasteiger partial charge in [-0.2, -0.15) is 18.2 Å². The molecule has 0 aliphatic carbocycles. The fourth-order valence-corrected chi connectivity index (χ4v) is 4.88. The second kappa shape index (κ2) is 9.85. The Bertz CT molecular complexity index is 1230. The molecule has 188 valence electrons. The summed E-state index contributed by atoms with van der Waals surface area (Å²) in [5.41, 5.74) is 0.909. The Morgan fingerprint density at radius 3 is 2.34 bits per heavy atom. The van der Waals surface area contributed by atoms with Crippen LogP contribution in [-0.4, -0.2) is 52.1 Å². The molecule has 10 heteroatoms. The van der Waals surface area contributed by atoms with E-state index in [1.807, 2.05) is 6.92 Å². The molecule has 0 spiro atoms. The number of H-pyrrole nitrogens is 1. The summed E-state index contributed by atoms with van der Waals surface area (Å²) in [5.74, 6) is 0.956. The summed E-state index contributed by atoms with van der Waals surface area (Å²) in [4.78, 5) is 28.4. The molecule has 1 aliphatic heterocycles. The summed E-state index contributed by atoms with van der Waals surface area (Å²) in [5, 5.41) is 0. The summed E-state index contributed by atoms with van der Waals surface area (Å²) in [6.07, 6.45) is -2.73. The number of fused-ring (bicyclic) bond motifs is 1. The molecule has 1 aliphatic rings. The van der Waals surface area contributed by atoms with Crippen molar-refractivity contribution in [2.75, 3.05) is 25.1 Å². The summed E-state index contributed by atoms with van der Waals surface area (Å²) in [6, 6.07) is 8.95. The van der Waals surface area contributed by atoms with Gasteiger partial charge in [0.2, 0.25) is 5.88 Å². The number of nitrogens with zero attached hydrogens (tertiary/aromatic N) is 4. The Labute approximate surface area is 201 Å². The molecule has 7 nitrogen and oxygen atoms in total. The SMILES string of the molecule is CCC1CN(C(C)c2ccc(C(F)(F)F)cc2)[C@H](CC)CN1c1nc(=O)[nH]c2ccc(OC)nc12. The number of halogens is 3. The number of aromatic nitrogens is 3. The predicted molar refractivity (Wildman–Crippen MR) is 129 cm³/mol. The highest BCUT2D eigenvalue weighted by Crippen LogP contribution is 2.35. The molecule has 0 radical (unpaired) electrons. The Kier molecular flexibility index (Phi) is 7.02. The van der Waals surface area contributed by atoms with Crippen molar-refractivity contribution in [1.82, 2.24) is 19.9 Å². The number of aromatic amines is 1. The van der Waals surface area contributed by atoms with Gasteiger partial charge in [-0.3, -0.25) is 4.90 Å². The number of hydrogen-bond donors (Lipinski definition) is 1. The molecule has 35 heavy (non-hydrogen) atoms. The number of nitrogens with one attached hydrogen (secondary N) is 1. The molecule has 2 unspecified atom stereocenters. The van der Waals surface area contributed by atoms with Crippen LogP contribution in [0, 0.1) is 0 Å². The van der Waals surface area contributed by atoms with E-state index in [9.17, 15) is 18.0 Å². The molecule has 3 atom stereocenters. The van der Waals surface area contributed by atoms with Gasteiger partial charge in [0, 0.05) is 37.3 Å². The van der Waals surface area contributed by atoms with E-state index in [1.165, 1.54) is 7.11 Å². The first kappa shape index (κ1) is 25.0. The van der Waals surface area contributed by atoms with Gasteiger partial charge in [-0.25, -0.2) is 9.78 Å².